The van der Waals surface area contributed by atoms with E-state index in [9.17, 15) is 0 Å². The van der Waals surface area contributed by atoms with Crippen molar-refractivity contribution in [3.05, 3.63) is 42.6 Å². The van der Waals surface area contributed by atoms with Gasteiger partial charge in [-0.2, -0.15) is 0 Å². The molecule has 1 aliphatic rings. The largest absolute Gasteiger partial charge is 0.477 e. The molecule has 0 aromatic carbocycles. The average Bonchev–Trinajstić information content (AvgIpc) is 2.71. The van der Waals surface area contributed by atoms with Crippen LogP contribution in [0.2, 0.25) is 0 Å². The summed E-state index contributed by atoms with van der Waals surface area (Å²) in [5.41, 5.74) is 0.976. The lowest BCUT2D eigenvalue weighted by atomic mass is 10.2. The molecule has 84 valence electrons. The van der Waals surface area contributed by atoms with E-state index in [2.05, 4.69) is 16.6 Å². The van der Waals surface area contributed by atoms with Gasteiger partial charge in [-0.3, -0.25) is 14.9 Å². The monoisotopic (exact) mass is 217 g/mol. The third kappa shape index (κ3) is 1.78. The maximum absolute atomic E-state index is 5.47. The Balaban J connectivity index is 2.32. The predicted molar refractivity (Wildman–Crippen MR) is 62.9 cm³/mol. The summed E-state index contributed by atoms with van der Waals surface area (Å²) in [5.74, 6) is 1.52. The van der Waals surface area contributed by atoms with E-state index in [0.717, 1.165) is 11.5 Å². The summed E-state index contributed by atoms with van der Waals surface area (Å²) in [6.45, 7) is 6.39. The smallest absolute Gasteiger partial charge is 0.188 e. The second-order valence-electron chi connectivity index (χ2n) is 3.62. The average molecular weight is 217 g/mol. The third-order valence-corrected chi connectivity index (χ3v) is 2.69. The van der Waals surface area contributed by atoms with Crippen LogP contribution < -0.4 is 0 Å². The van der Waals surface area contributed by atoms with E-state index >= 15 is 0 Å². The summed E-state index contributed by atoms with van der Waals surface area (Å²) < 4.78 is 5.47. The van der Waals surface area contributed by atoms with Gasteiger partial charge in [0.15, 0.2) is 5.88 Å². The molecule has 0 radical (unpaired) electrons. The summed E-state index contributed by atoms with van der Waals surface area (Å²) in [4.78, 5) is 10.5. The molecule has 1 unspecified atom stereocenters. The molecule has 0 spiro atoms. The highest BCUT2D eigenvalue weighted by molar-refractivity contribution is 5.81. The quantitative estimate of drug-likeness (QED) is 0.533. The Bertz CT molecular complexity index is 414. The van der Waals surface area contributed by atoms with Gasteiger partial charge in [0.05, 0.1) is 5.69 Å². The lowest BCUT2D eigenvalue weighted by molar-refractivity contribution is 0.251. The SMILES string of the molecule is C=C1OCC(c2ccccn2)N1C(C)=NC. The molecule has 4 heteroatoms. The zero-order valence-corrected chi connectivity index (χ0v) is 9.55. The topological polar surface area (TPSA) is 37.7 Å². The first kappa shape index (κ1) is 10.7. The highest BCUT2D eigenvalue weighted by Crippen LogP contribution is 2.30. The van der Waals surface area contributed by atoms with Crippen LogP contribution in [-0.4, -0.2) is 29.4 Å². The van der Waals surface area contributed by atoms with Gasteiger partial charge in [0.2, 0.25) is 0 Å². The molecule has 1 saturated heterocycles. The summed E-state index contributed by atoms with van der Waals surface area (Å²) in [5, 5.41) is 0. The van der Waals surface area contributed by atoms with Crippen LogP contribution in [0.25, 0.3) is 0 Å². The molecule has 0 saturated carbocycles. The zero-order valence-electron chi connectivity index (χ0n) is 9.55. The van der Waals surface area contributed by atoms with Gasteiger partial charge in [0.25, 0.3) is 0 Å². The van der Waals surface area contributed by atoms with Crippen molar-refractivity contribution in [1.29, 1.82) is 0 Å². The molecule has 1 fully saturated rings. The molecule has 4 nitrogen and oxygen atoms in total. The Morgan fingerprint density at radius 1 is 1.62 bits per heavy atom. The first-order valence-electron chi connectivity index (χ1n) is 5.19. The third-order valence-electron chi connectivity index (χ3n) is 2.69. The normalized spacial score (nSPS) is 21.1. The molecule has 2 rings (SSSR count). The molecule has 0 amide bonds. The Morgan fingerprint density at radius 2 is 2.44 bits per heavy atom. The minimum Gasteiger partial charge on any atom is -0.477 e. The van der Waals surface area contributed by atoms with Gasteiger partial charge >= 0.3 is 0 Å². The van der Waals surface area contributed by atoms with Gasteiger partial charge in [-0.15, -0.1) is 0 Å². The van der Waals surface area contributed by atoms with E-state index in [1.807, 2.05) is 30.0 Å². The summed E-state index contributed by atoms with van der Waals surface area (Å²) >= 11 is 0. The minimum absolute atomic E-state index is 0.0809. The van der Waals surface area contributed by atoms with Crippen molar-refractivity contribution in [1.82, 2.24) is 9.88 Å². The molecule has 1 aliphatic heterocycles. The second-order valence-corrected chi connectivity index (χ2v) is 3.62. The van der Waals surface area contributed by atoms with Crippen LogP contribution in [0, 0.1) is 0 Å². The fraction of sp³-hybridized carbons (Fsp3) is 0.333. The first-order chi connectivity index (χ1) is 7.74. The molecule has 0 aliphatic carbocycles. The van der Waals surface area contributed by atoms with E-state index in [1.54, 1.807) is 13.2 Å². The van der Waals surface area contributed by atoms with Crippen molar-refractivity contribution in [2.75, 3.05) is 13.7 Å². The van der Waals surface area contributed by atoms with Gasteiger partial charge in [-0.05, 0) is 25.6 Å². The van der Waals surface area contributed by atoms with Crippen LogP contribution >= 0.6 is 0 Å². The Hall–Kier alpha value is -1.84. The van der Waals surface area contributed by atoms with E-state index in [1.165, 1.54) is 0 Å². The maximum atomic E-state index is 5.47. The summed E-state index contributed by atoms with van der Waals surface area (Å²) in [6, 6.07) is 5.94. The van der Waals surface area contributed by atoms with E-state index in [0.29, 0.717) is 12.5 Å². The number of hydrogen-bond donors (Lipinski definition) is 0. The summed E-state index contributed by atoms with van der Waals surface area (Å²) in [6.07, 6.45) is 1.78. The number of rotatable bonds is 1. The lowest BCUT2D eigenvalue weighted by Gasteiger charge is -2.22. The van der Waals surface area contributed by atoms with Crippen LogP contribution in [0.3, 0.4) is 0 Å². The molecule has 1 aromatic heterocycles. The fourth-order valence-corrected chi connectivity index (χ4v) is 1.80. The second kappa shape index (κ2) is 4.35. The van der Waals surface area contributed by atoms with E-state index in [4.69, 9.17) is 4.74 Å². The van der Waals surface area contributed by atoms with Crippen LogP contribution in [0.4, 0.5) is 0 Å². The zero-order chi connectivity index (χ0) is 11.5. The maximum Gasteiger partial charge on any atom is 0.188 e. The number of amidine groups is 1. The standard InChI is InChI=1S/C12H15N3O/c1-9(13-3)15-10(2)16-8-12(15)11-6-4-5-7-14-11/h4-7,12H,2,8H2,1,3H3. The van der Waals surface area contributed by atoms with Crippen LogP contribution in [0.5, 0.6) is 0 Å². The fourth-order valence-electron chi connectivity index (χ4n) is 1.80. The van der Waals surface area contributed by atoms with Crippen molar-refractivity contribution >= 4 is 5.84 Å². The van der Waals surface area contributed by atoms with Crippen molar-refractivity contribution in [3.8, 4) is 0 Å². The molecule has 16 heavy (non-hydrogen) atoms. The number of aliphatic imine (C=N–C) groups is 1. The predicted octanol–water partition coefficient (Wildman–Crippen LogP) is 1.97. The van der Waals surface area contributed by atoms with Gasteiger partial charge in [0.1, 0.15) is 18.5 Å². The van der Waals surface area contributed by atoms with E-state index in [-0.39, 0.29) is 6.04 Å². The Morgan fingerprint density at radius 3 is 3.06 bits per heavy atom. The highest BCUT2D eigenvalue weighted by atomic mass is 16.5. The van der Waals surface area contributed by atoms with Crippen molar-refractivity contribution < 1.29 is 4.74 Å². The van der Waals surface area contributed by atoms with Gasteiger partial charge in [-0.25, -0.2) is 0 Å². The van der Waals surface area contributed by atoms with Gasteiger partial charge in [-0.1, -0.05) is 6.07 Å². The van der Waals surface area contributed by atoms with Gasteiger partial charge < -0.3 is 4.74 Å². The molecule has 1 aromatic rings. The highest BCUT2D eigenvalue weighted by Gasteiger charge is 2.32. The van der Waals surface area contributed by atoms with E-state index < -0.39 is 0 Å². The molecule has 0 N–H and O–H groups in total. The number of ether oxygens (including phenoxy) is 1. The molecule has 0 bridgehead atoms. The Labute approximate surface area is 95.3 Å². The van der Waals surface area contributed by atoms with Crippen molar-refractivity contribution in [2.24, 2.45) is 4.99 Å². The van der Waals surface area contributed by atoms with Crippen LogP contribution in [0.1, 0.15) is 18.7 Å². The first-order valence-corrected chi connectivity index (χ1v) is 5.19. The van der Waals surface area contributed by atoms with Crippen LogP contribution in [-0.2, 0) is 4.74 Å². The Kier molecular flexibility index (Phi) is 2.90. The molecular weight excluding hydrogens is 202 g/mol. The van der Waals surface area contributed by atoms with Gasteiger partial charge in [0, 0.05) is 13.2 Å². The molecule has 2 heterocycles. The number of nitrogens with zero attached hydrogens (tertiary/aromatic N) is 3. The van der Waals surface area contributed by atoms with Crippen molar-refractivity contribution in [2.45, 2.75) is 13.0 Å². The molecular formula is C12H15N3O. The van der Waals surface area contributed by atoms with Crippen molar-refractivity contribution in [3.63, 3.8) is 0 Å². The summed E-state index contributed by atoms with van der Waals surface area (Å²) in [7, 11) is 1.76. The minimum atomic E-state index is 0.0809. The lowest BCUT2D eigenvalue weighted by Crippen LogP contribution is -2.28. The number of hydrogen-bond acceptors (Lipinski definition) is 3. The number of pyridine rings is 1. The molecule has 1 atom stereocenters. The number of aromatic nitrogens is 1. The van der Waals surface area contributed by atoms with Crippen LogP contribution in [0.15, 0.2) is 41.9 Å².